The van der Waals surface area contributed by atoms with Gasteiger partial charge in [0.2, 0.25) is 0 Å². The minimum Gasteiger partial charge on any atom is -0.440 e. The minimum absolute atomic E-state index is 0. The van der Waals surface area contributed by atoms with Gasteiger partial charge in [0, 0.05) is 0 Å². The Labute approximate surface area is 267 Å². The maximum Gasteiger partial charge on any atom is 3.00 e. The summed E-state index contributed by atoms with van der Waals surface area (Å²) in [6.07, 6.45) is 0. The zero-order chi connectivity index (χ0) is 29.4. The van der Waals surface area contributed by atoms with Crippen LogP contribution in [0.4, 0.5) is 34.5 Å². The van der Waals surface area contributed by atoms with Gasteiger partial charge in [-0.1, -0.05) is 180 Å². The third kappa shape index (κ3) is 12.3. The second kappa shape index (κ2) is 17.8. The second-order valence-corrected chi connectivity index (χ2v) is 9.25. The molecule has 3 aromatic carbocycles. The number of para-hydroxylation sites is 3. The van der Waals surface area contributed by atoms with E-state index in [1.165, 1.54) is 0 Å². The summed E-state index contributed by atoms with van der Waals surface area (Å²) in [5.74, 6) is 2.28. The van der Waals surface area contributed by atoms with Crippen LogP contribution in [0.5, 0.6) is 0 Å². The summed E-state index contributed by atoms with van der Waals surface area (Å²) in [7, 11) is 0. The van der Waals surface area contributed by atoms with E-state index in [1.807, 2.05) is 166 Å². The zero-order valence-electron chi connectivity index (χ0n) is 24.4. The summed E-state index contributed by atoms with van der Waals surface area (Å²) < 4.78 is 0. The molecule has 0 bridgehead atoms. The number of aryl methyl sites for hydroxylation is 3. The van der Waals surface area contributed by atoms with E-state index >= 15 is 0 Å². The quantitative estimate of drug-likeness (QED) is 0.168. The van der Waals surface area contributed by atoms with Crippen LogP contribution in [0.15, 0.2) is 146 Å². The van der Waals surface area contributed by atoms with Gasteiger partial charge in [0.15, 0.2) is 0 Å². The van der Waals surface area contributed by atoms with Crippen molar-refractivity contribution in [3.8, 4) is 0 Å². The van der Waals surface area contributed by atoms with E-state index in [2.05, 4.69) is 30.9 Å². The van der Waals surface area contributed by atoms with Crippen molar-refractivity contribution in [2.24, 2.45) is 0 Å². The van der Waals surface area contributed by atoms with Crippen LogP contribution in [-0.2, 0) is 19.5 Å². The van der Waals surface area contributed by atoms with Gasteiger partial charge in [-0.2, -0.15) is 0 Å². The summed E-state index contributed by atoms with van der Waals surface area (Å²) in [6.45, 7) is 5.89. The first-order chi connectivity index (χ1) is 20.5. The Kier molecular flexibility index (Phi) is 13.5. The van der Waals surface area contributed by atoms with Crippen LogP contribution < -0.4 is 0 Å². The summed E-state index contributed by atoms with van der Waals surface area (Å²) in [5.41, 5.74) is 5.77. The van der Waals surface area contributed by atoms with Gasteiger partial charge in [-0.25, -0.2) is 0 Å². The van der Waals surface area contributed by atoms with Crippen molar-refractivity contribution in [3.63, 3.8) is 0 Å². The van der Waals surface area contributed by atoms with E-state index in [4.69, 9.17) is 0 Å². The van der Waals surface area contributed by atoms with Crippen LogP contribution in [0.3, 0.4) is 0 Å². The van der Waals surface area contributed by atoms with E-state index < -0.39 is 0 Å². The van der Waals surface area contributed by atoms with Gasteiger partial charge < -0.3 is 30.9 Å². The molecule has 0 aliphatic carbocycles. The van der Waals surface area contributed by atoms with Crippen LogP contribution in [0.25, 0.3) is 16.0 Å². The largest absolute Gasteiger partial charge is 3.00 e. The van der Waals surface area contributed by atoms with Crippen molar-refractivity contribution in [2.75, 3.05) is 0 Å². The Bertz CT molecular complexity index is 1430. The van der Waals surface area contributed by atoms with E-state index in [-0.39, 0.29) is 19.5 Å². The van der Waals surface area contributed by atoms with Crippen molar-refractivity contribution in [3.05, 3.63) is 179 Å². The molecular formula is C36H33N6Ru. The molecule has 7 heteroatoms. The van der Waals surface area contributed by atoms with E-state index in [1.54, 1.807) is 0 Å². The van der Waals surface area contributed by atoms with Crippen molar-refractivity contribution >= 4 is 34.5 Å². The smallest absolute Gasteiger partial charge is 0.440 e. The third-order valence-corrected chi connectivity index (χ3v) is 5.62. The molecule has 3 heterocycles. The first kappa shape index (κ1) is 32.6. The minimum atomic E-state index is 0. The Balaban J connectivity index is 0.000000175. The van der Waals surface area contributed by atoms with Crippen molar-refractivity contribution in [2.45, 2.75) is 20.8 Å². The number of rotatable bonds is 6. The van der Waals surface area contributed by atoms with Crippen molar-refractivity contribution in [1.29, 1.82) is 0 Å². The molecule has 3 aromatic heterocycles. The number of aromatic nitrogens is 3. The van der Waals surface area contributed by atoms with Crippen LogP contribution in [0.1, 0.15) is 17.1 Å². The fraction of sp³-hybridized carbons (Fsp3) is 0.0833. The molecule has 0 atom stereocenters. The number of hydrogen-bond acceptors (Lipinski definition) is 3. The number of hydrogen-bond donors (Lipinski definition) is 0. The molecule has 0 amide bonds. The van der Waals surface area contributed by atoms with Crippen LogP contribution in [0, 0.1) is 20.8 Å². The van der Waals surface area contributed by atoms with Gasteiger partial charge in [-0.15, -0.1) is 0 Å². The molecule has 0 aliphatic rings. The zero-order valence-corrected chi connectivity index (χ0v) is 26.1. The molecule has 0 saturated heterocycles. The normalized spacial score (nSPS) is 9.56. The van der Waals surface area contributed by atoms with Crippen LogP contribution in [0.2, 0.25) is 0 Å². The molecule has 0 spiro atoms. The summed E-state index contributed by atoms with van der Waals surface area (Å²) in [5, 5.41) is 13.2. The molecule has 0 N–H and O–H groups in total. The number of nitrogens with zero attached hydrogens (tertiary/aromatic N) is 6. The first-order valence-electron chi connectivity index (χ1n) is 13.6. The Morgan fingerprint density at radius 3 is 0.814 bits per heavy atom. The third-order valence-electron chi connectivity index (χ3n) is 5.62. The summed E-state index contributed by atoms with van der Waals surface area (Å²) >= 11 is 0. The van der Waals surface area contributed by atoms with Crippen LogP contribution in [-0.4, -0.2) is 15.0 Å². The second-order valence-electron chi connectivity index (χ2n) is 9.25. The Hall–Kier alpha value is -4.87. The molecule has 0 aliphatic heterocycles. The van der Waals surface area contributed by atoms with Crippen molar-refractivity contribution < 1.29 is 19.5 Å². The molecule has 6 rings (SSSR count). The molecule has 1 radical (unpaired) electrons. The molecule has 43 heavy (non-hydrogen) atoms. The van der Waals surface area contributed by atoms with Crippen LogP contribution >= 0.6 is 0 Å². The number of benzene rings is 3. The number of pyridine rings is 3. The maximum atomic E-state index is 4.39. The summed E-state index contributed by atoms with van der Waals surface area (Å²) in [4.78, 5) is 12.9. The van der Waals surface area contributed by atoms with Gasteiger partial charge in [-0.3, -0.25) is 0 Å². The molecule has 0 unspecified atom stereocenters. The van der Waals surface area contributed by atoms with Gasteiger partial charge in [0.1, 0.15) is 0 Å². The van der Waals surface area contributed by atoms with Crippen molar-refractivity contribution in [1.82, 2.24) is 15.0 Å². The topological polar surface area (TPSA) is 81.0 Å². The van der Waals surface area contributed by atoms with Gasteiger partial charge >= 0.3 is 19.5 Å². The Morgan fingerprint density at radius 2 is 0.581 bits per heavy atom. The molecule has 0 saturated carbocycles. The van der Waals surface area contributed by atoms with Gasteiger partial charge in [0.25, 0.3) is 0 Å². The Morgan fingerprint density at radius 1 is 0.326 bits per heavy atom. The first-order valence-corrected chi connectivity index (χ1v) is 13.6. The fourth-order valence-corrected chi connectivity index (χ4v) is 3.68. The predicted molar refractivity (Wildman–Crippen MR) is 174 cm³/mol. The standard InChI is InChI=1S/3C12H11N2.Ru/c3*1-10-6-5-9-12(13-10)14-11-7-3-2-4-8-11;/h3*2-9H,1H3;/q3*-1;+3. The SMILES string of the molecule is Cc1cccc([N-]c2ccccc2)n1.Cc1cccc([N-]c2ccccc2)n1.Cc1cccc([N-]c2ccccc2)n1.[Ru+3]. The van der Waals surface area contributed by atoms with E-state index in [9.17, 15) is 0 Å². The monoisotopic (exact) mass is 651 g/mol. The molecule has 6 aromatic rings. The van der Waals surface area contributed by atoms with Gasteiger partial charge in [-0.05, 0) is 37.8 Å². The average molecular weight is 651 g/mol. The fourth-order valence-electron chi connectivity index (χ4n) is 3.68. The van der Waals surface area contributed by atoms with E-state index in [0.29, 0.717) is 0 Å². The predicted octanol–water partition coefficient (Wildman–Crippen LogP) is 11.2. The maximum absolute atomic E-state index is 4.39. The summed E-state index contributed by atoms with van der Waals surface area (Å²) in [6, 6.07) is 47.0. The molecule has 6 nitrogen and oxygen atoms in total. The molecule has 215 valence electrons. The molecular weight excluding hydrogens is 618 g/mol. The molecule has 0 fully saturated rings. The average Bonchev–Trinajstić information content (AvgIpc) is 3.00. The van der Waals surface area contributed by atoms with E-state index in [0.717, 1.165) is 51.6 Å². The van der Waals surface area contributed by atoms with Gasteiger partial charge in [0.05, 0.1) is 0 Å².